The van der Waals surface area contributed by atoms with Crippen molar-refractivity contribution in [2.75, 3.05) is 0 Å². The van der Waals surface area contributed by atoms with Crippen molar-refractivity contribution in [1.82, 2.24) is 9.97 Å². The second-order valence-electron chi connectivity index (χ2n) is 2.88. The Bertz CT molecular complexity index is 379. The van der Waals surface area contributed by atoms with Crippen LogP contribution in [0.1, 0.15) is 5.56 Å². The van der Waals surface area contributed by atoms with Crippen LogP contribution in [0.3, 0.4) is 0 Å². The molecule has 0 atom stereocenters. The van der Waals surface area contributed by atoms with E-state index in [-0.39, 0.29) is 0 Å². The van der Waals surface area contributed by atoms with Gasteiger partial charge in [-0.3, -0.25) is 9.97 Å². The molecule has 0 saturated carbocycles. The molecule has 0 aliphatic carbocycles. The Balaban J connectivity index is 2.42. The van der Waals surface area contributed by atoms with E-state index < -0.39 is 0 Å². The van der Waals surface area contributed by atoms with Crippen LogP contribution in [-0.4, -0.2) is 9.97 Å². The lowest BCUT2D eigenvalue weighted by Gasteiger charge is -1.98. The summed E-state index contributed by atoms with van der Waals surface area (Å²) in [5, 5.41) is 0. The van der Waals surface area contributed by atoms with Gasteiger partial charge in [-0.05, 0) is 6.92 Å². The highest BCUT2D eigenvalue weighted by atomic mass is 14.8. The van der Waals surface area contributed by atoms with Crippen molar-refractivity contribution in [3.63, 3.8) is 0 Å². The summed E-state index contributed by atoms with van der Waals surface area (Å²) in [7, 11) is 0. The Morgan fingerprint density at radius 3 is 2.46 bits per heavy atom. The second kappa shape index (κ2) is 3.35. The van der Waals surface area contributed by atoms with E-state index in [4.69, 9.17) is 0 Å². The van der Waals surface area contributed by atoms with Gasteiger partial charge in [0.15, 0.2) is 0 Å². The van der Waals surface area contributed by atoms with Crippen LogP contribution in [0.15, 0.2) is 36.7 Å². The van der Waals surface area contributed by atoms with E-state index in [0.29, 0.717) is 0 Å². The molecule has 2 aromatic rings. The molecule has 0 N–H and O–H groups in total. The minimum atomic E-state index is 0.794. The van der Waals surface area contributed by atoms with Gasteiger partial charge in [0.05, 0.1) is 5.69 Å². The Labute approximate surface area is 77.3 Å². The second-order valence-corrected chi connectivity index (χ2v) is 2.88. The van der Waals surface area contributed by atoms with Gasteiger partial charge in [0.1, 0.15) is 6.20 Å². The molecule has 0 bridgehead atoms. The number of hydrogen-bond donors (Lipinski definition) is 0. The SMILES string of the molecule is Cc1ccc(-c2[c]nccn2)cc1. The molecule has 0 aliphatic heterocycles. The maximum absolute atomic E-state index is 4.16. The molecule has 1 heterocycles. The monoisotopic (exact) mass is 169 g/mol. The normalized spacial score (nSPS) is 9.92. The molecule has 2 heteroatoms. The molecule has 1 aromatic heterocycles. The first kappa shape index (κ1) is 7.92. The number of rotatable bonds is 1. The van der Waals surface area contributed by atoms with E-state index in [1.807, 2.05) is 12.1 Å². The Hall–Kier alpha value is -1.70. The highest BCUT2D eigenvalue weighted by Gasteiger charge is 1.97. The predicted molar refractivity (Wildman–Crippen MR) is 51.0 cm³/mol. The Kier molecular flexibility index (Phi) is 2.04. The van der Waals surface area contributed by atoms with Crippen LogP contribution >= 0.6 is 0 Å². The largest absolute Gasteiger partial charge is 0.252 e. The number of aryl methyl sites for hydroxylation is 1. The average molecular weight is 169 g/mol. The van der Waals surface area contributed by atoms with Gasteiger partial charge in [-0.1, -0.05) is 29.8 Å². The lowest BCUT2D eigenvalue weighted by atomic mass is 10.1. The summed E-state index contributed by atoms with van der Waals surface area (Å²) in [5.74, 6) is 0. The van der Waals surface area contributed by atoms with Crippen molar-refractivity contribution >= 4 is 0 Å². The third-order valence-electron chi connectivity index (χ3n) is 1.84. The van der Waals surface area contributed by atoms with Crippen LogP contribution < -0.4 is 0 Å². The van der Waals surface area contributed by atoms with Crippen molar-refractivity contribution in [3.05, 3.63) is 48.4 Å². The fourth-order valence-electron chi connectivity index (χ4n) is 1.12. The zero-order chi connectivity index (χ0) is 9.10. The highest BCUT2D eigenvalue weighted by Crippen LogP contribution is 2.14. The molecule has 0 aliphatic rings. The Morgan fingerprint density at radius 1 is 1.08 bits per heavy atom. The molecule has 0 saturated heterocycles. The van der Waals surface area contributed by atoms with Gasteiger partial charge in [0.25, 0.3) is 0 Å². The summed E-state index contributed by atoms with van der Waals surface area (Å²) in [6, 6.07) is 8.15. The zero-order valence-electron chi connectivity index (χ0n) is 7.36. The van der Waals surface area contributed by atoms with Crippen LogP contribution in [0.2, 0.25) is 0 Å². The van der Waals surface area contributed by atoms with E-state index in [0.717, 1.165) is 11.3 Å². The highest BCUT2D eigenvalue weighted by molar-refractivity contribution is 5.57. The molecule has 0 fully saturated rings. The van der Waals surface area contributed by atoms with Crippen molar-refractivity contribution in [3.8, 4) is 11.3 Å². The number of nitrogens with zero attached hydrogens (tertiary/aromatic N) is 2. The summed E-state index contributed by atoms with van der Waals surface area (Å²) in [6.07, 6.45) is 6.14. The van der Waals surface area contributed by atoms with E-state index in [9.17, 15) is 0 Å². The third kappa shape index (κ3) is 1.72. The summed E-state index contributed by atoms with van der Waals surface area (Å²) < 4.78 is 0. The van der Waals surface area contributed by atoms with Gasteiger partial charge in [-0.25, -0.2) is 0 Å². The molecule has 63 valence electrons. The zero-order valence-corrected chi connectivity index (χ0v) is 7.36. The lowest BCUT2D eigenvalue weighted by molar-refractivity contribution is 1.19. The van der Waals surface area contributed by atoms with E-state index in [1.54, 1.807) is 12.4 Å². The molecule has 2 nitrogen and oxygen atoms in total. The number of benzene rings is 1. The lowest BCUT2D eigenvalue weighted by Crippen LogP contribution is -1.84. The van der Waals surface area contributed by atoms with Gasteiger partial charge in [-0.2, -0.15) is 0 Å². The topological polar surface area (TPSA) is 25.8 Å². The Morgan fingerprint density at radius 2 is 1.85 bits per heavy atom. The summed E-state index contributed by atoms with van der Waals surface area (Å²) in [5.41, 5.74) is 3.09. The van der Waals surface area contributed by atoms with E-state index in [1.165, 1.54) is 5.56 Å². The minimum Gasteiger partial charge on any atom is -0.252 e. The molecule has 1 radical (unpaired) electrons. The van der Waals surface area contributed by atoms with Gasteiger partial charge < -0.3 is 0 Å². The average Bonchev–Trinajstić information content (AvgIpc) is 2.20. The van der Waals surface area contributed by atoms with Crippen LogP contribution in [-0.2, 0) is 0 Å². The quantitative estimate of drug-likeness (QED) is 0.654. The molecule has 13 heavy (non-hydrogen) atoms. The van der Waals surface area contributed by atoms with E-state index in [2.05, 4.69) is 35.2 Å². The number of hydrogen-bond acceptors (Lipinski definition) is 2. The van der Waals surface area contributed by atoms with Crippen LogP contribution in [0, 0.1) is 13.1 Å². The summed E-state index contributed by atoms with van der Waals surface area (Å²) in [4.78, 5) is 8.06. The molecule has 2 rings (SSSR count). The van der Waals surface area contributed by atoms with Crippen LogP contribution in [0.5, 0.6) is 0 Å². The molecule has 0 amide bonds. The molecular weight excluding hydrogens is 160 g/mol. The van der Waals surface area contributed by atoms with Gasteiger partial charge >= 0.3 is 0 Å². The molecule has 1 aromatic carbocycles. The first-order chi connectivity index (χ1) is 6.36. The fraction of sp³-hybridized carbons (Fsp3) is 0.0909. The van der Waals surface area contributed by atoms with Crippen molar-refractivity contribution < 1.29 is 0 Å². The maximum atomic E-state index is 4.16. The van der Waals surface area contributed by atoms with Crippen molar-refractivity contribution in [2.24, 2.45) is 0 Å². The first-order valence-electron chi connectivity index (χ1n) is 4.12. The molecule has 0 spiro atoms. The first-order valence-corrected chi connectivity index (χ1v) is 4.12. The fourth-order valence-corrected chi connectivity index (χ4v) is 1.12. The van der Waals surface area contributed by atoms with E-state index >= 15 is 0 Å². The molecular formula is C11H9N2. The number of aromatic nitrogens is 2. The van der Waals surface area contributed by atoms with Crippen molar-refractivity contribution in [1.29, 1.82) is 0 Å². The van der Waals surface area contributed by atoms with Crippen LogP contribution in [0.4, 0.5) is 0 Å². The summed E-state index contributed by atoms with van der Waals surface area (Å²) in [6.45, 7) is 2.06. The van der Waals surface area contributed by atoms with Crippen molar-refractivity contribution in [2.45, 2.75) is 6.92 Å². The maximum Gasteiger partial charge on any atom is 0.117 e. The third-order valence-corrected chi connectivity index (χ3v) is 1.84. The predicted octanol–water partition coefficient (Wildman–Crippen LogP) is 2.25. The smallest absolute Gasteiger partial charge is 0.117 e. The standard InChI is InChI=1S/C11H9N2/c1-9-2-4-10(5-3-9)11-8-12-6-7-13-11/h2-7H,1H3. The van der Waals surface area contributed by atoms with Gasteiger partial charge in [0, 0.05) is 18.0 Å². The minimum absolute atomic E-state index is 0.794. The summed E-state index contributed by atoms with van der Waals surface area (Å²) >= 11 is 0. The van der Waals surface area contributed by atoms with Gasteiger partial charge in [-0.15, -0.1) is 0 Å². The van der Waals surface area contributed by atoms with Gasteiger partial charge in [0.2, 0.25) is 0 Å². The molecule has 0 unspecified atom stereocenters. The van der Waals surface area contributed by atoms with Crippen LogP contribution in [0.25, 0.3) is 11.3 Å².